The Balaban J connectivity index is 4.36. The molecule has 82 valence electrons. The molecule has 0 saturated carbocycles. The zero-order valence-electron chi connectivity index (χ0n) is 9.72. The van der Waals surface area contributed by atoms with Crippen LogP contribution in [0, 0.1) is 5.92 Å². The summed E-state index contributed by atoms with van der Waals surface area (Å²) < 4.78 is 0. The quantitative estimate of drug-likeness (QED) is 0.674. The molecule has 0 aromatic heterocycles. The minimum atomic E-state index is -0.552. The first-order valence-electron chi connectivity index (χ1n) is 4.90. The molecule has 3 heteroatoms. The molecule has 0 spiro atoms. The molecule has 0 rings (SSSR count). The number of hydrogen-bond donors (Lipinski definition) is 2. The van der Waals surface area contributed by atoms with Crippen molar-refractivity contribution in [3.63, 3.8) is 0 Å². The average molecular weight is 199 g/mol. The van der Waals surface area contributed by atoms with Gasteiger partial charge in [0, 0.05) is 5.57 Å². The third-order valence-corrected chi connectivity index (χ3v) is 1.79. The van der Waals surface area contributed by atoms with Gasteiger partial charge in [-0.2, -0.15) is 0 Å². The van der Waals surface area contributed by atoms with E-state index >= 15 is 0 Å². The van der Waals surface area contributed by atoms with Gasteiger partial charge in [-0.05, 0) is 26.7 Å². The van der Waals surface area contributed by atoms with Gasteiger partial charge < -0.3 is 10.4 Å². The van der Waals surface area contributed by atoms with Crippen LogP contribution in [0.15, 0.2) is 11.6 Å². The Labute approximate surface area is 86.2 Å². The number of carbonyl (C=O) groups excluding carboxylic acids is 1. The van der Waals surface area contributed by atoms with Crippen molar-refractivity contribution in [1.82, 2.24) is 5.32 Å². The van der Waals surface area contributed by atoms with Crippen LogP contribution in [0.3, 0.4) is 0 Å². The van der Waals surface area contributed by atoms with Gasteiger partial charge in [-0.25, -0.2) is 0 Å². The summed E-state index contributed by atoms with van der Waals surface area (Å²) >= 11 is 0. The highest BCUT2D eigenvalue weighted by molar-refractivity contribution is 5.93. The second kappa shape index (κ2) is 5.15. The van der Waals surface area contributed by atoms with Crippen LogP contribution in [-0.2, 0) is 4.79 Å². The van der Waals surface area contributed by atoms with Gasteiger partial charge >= 0.3 is 0 Å². The monoisotopic (exact) mass is 199 g/mol. The fraction of sp³-hybridized carbons (Fsp3) is 0.727. The molecule has 0 bridgehead atoms. The van der Waals surface area contributed by atoms with Crippen molar-refractivity contribution < 1.29 is 9.90 Å². The molecule has 0 radical (unpaired) electrons. The second-order valence-electron chi connectivity index (χ2n) is 4.59. The number of nitrogens with one attached hydrogen (secondary N) is 1. The maximum absolute atomic E-state index is 11.6. The zero-order chi connectivity index (χ0) is 11.4. The lowest BCUT2D eigenvalue weighted by atomic mass is 10.1. The van der Waals surface area contributed by atoms with E-state index in [0.29, 0.717) is 11.5 Å². The van der Waals surface area contributed by atoms with Gasteiger partial charge in [0.2, 0.25) is 5.91 Å². The summed E-state index contributed by atoms with van der Waals surface area (Å²) in [4.78, 5) is 11.6. The summed E-state index contributed by atoms with van der Waals surface area (Å²) in [6.07, 6.45) is 1.91. The summed E-state index contributed by atoms with van der Waals surface area (Å²) in [5.74, 6) is 0.246. The number of hydrogen-bond acceptors (Lipinski definition) is 2. The molecule has 0 fully saturated rings. The highest BCUT2D eigenvalue weighted by Crippen LogP contribution is 2.05. The van der Waals surface area contributed by atoms with E-state index in [2.05, 4.69) is 5.32 Å². The Morgan fingerprint density at radius 2 is 2.00 bits per heavy atom. The zero-order valence-corrected chi connectivity index (χ0v) is 9.72. The predicted octanol–water partition coefficient (Wildman–Crippen LogP) is 1.48. The van der Waals surface area contributed by atoms with Gasteiger partial charge in [0.15, 0.2) is 0 Å². The molecule has 0 aliphatic rings. The van der Waals surface area contributed by atoms with E-state index in [9.17, 15) is 4.79 Å². The average Bonchev–Trinajstić information content (AvgIpc) is 2.02. The molecule has 0 aromatic carbocycles. The largest absolute Gasteiger partial charge is 0.394 e. The van der Waals surface area contributed by atoms with Crippen LogP contribution < -0.4 is 5.32 Å². The van der Waals surface area contributed by atoms with Gasteiger partial charge in [0.25, 0.3) is 0 Å². The van der Waals surface area contributed by atoms with Crippen LogP contribution in [0.5, 0.6) is 0 Å². The van der Waals surface area contributed by atoms with Crippen LogP contribution in [-0.4, -0.2) is 23.2 Å². The Morgan fingerprint density at radius 3 is 2.36 bits per heavy atom. The highest BCUT2D eigenvalue weighted by atomic mass is 16.3. The second-order valence-corrected chi connectivity index (χ2v) is 4.59. The van der Waals surface area contributed by atoms with Gasteiger partial charge in [0.05, 0.1) is 12.1 Å². The molecule has 3 nitrogen and oxygen atoms in total. The van der Waals surface area contributed by atoms with Gasteiger partial charge in [0.1, 0.15) is 0 Å². The Bertz CT molecular complexity index is 229. The number of rotatable bonds is 4. The molecule has 0 unspecified atom stereocenters. The summed E-state index contributed by atoms with van der Waals surface area (Å²) in [5, 5.41) is 11.7. The third kappa shape index (κ3) is 5.02. The van der Waals surface area contributed by atoms with Crippen molar-refractivity contribution in [2.75, 3.05) is 6.61 Å². The van der Waals surface area contributed by atoms with E-state index in [-0.39, 0.29) is 12.5 Å². The van der Waals surface area contributed by atoms with Crippen molar-refractivity contribution >= 4 is 5.91 Å². The fourth-order valence-electron chi connectivity index (χ4n) is 1.02. The first-order valence-corrected chi connectivity index (χ1v) is 4.90. The Kier molecular flexibility index (Phi) is 4.85. The number of amides is 1. The van der Waals surface area contributed by atoms with Crippen LogP contribution in [0.1, 0.15) is 34.6 Å². The molecular weight excluding hydrogens is 178 g/mol. The van der Waals surface area contributed by atoms with Crippen molar-refractivity contribution in [3.8, 4) is 0 Å². The molecule has 0 aliphatic heterocycles. The number of aliphatic hydroxyl groups excluding tert-OH is 1. The third-order valence-electron chi connectivity index (χ3n) is 1.79. The molecule has 0 atom stereocenters. The summed E-state index contributed by atoms with van der Waals surface area (Å²) in [6.45, 7) is 9.33. The van der Waals surface area contributed by atoms with Gasteiger partial charge in [-0.15, -0.1) is 0 Å². The van der Waals surface area contributed by atoms with Crippen molar-refractivity contribution in [2.24, 2.45) is 5.92 Å². The summed E-state index contributed by atoms with van der Waals surface area (Å²) in [7, 11) is 0. The van der Waals surface area contributed by atoms with Crippen LogP contribution in [0.2, 0.25) is 0 Å². The van der Waals surface area contributed by atoms with E-state index in [1.54, 1.807) is 20.8 Å². The molecule has 14 heavy (non-hydrogen) atoms. The molecule has 0 saturated heterocycles. The first-order chi connectivity index (χ1) is 6.28. The van der Waals surface area contributed by atoms with Crippen molar-refractivity contribution in [2.45, 2.75) is 40.2 Å². The smallest absolute Gasteiger partial charge is 0.247 e. The van der Waals surface area contributed by atoms with E-state index in [1.165, 1.54) is 0 Å². The molecule has 0 aromatic rings. The van der Waals surface area contributed by atoms with Crippen molar-refractivity contribution in [1.29, 1.82) is 0 Å². The van der Waals surface area contributed by atoms with Gasteiger partial charge in [-0.1, -0.05) is 19.9 Å². The summed E-state index contributed by atoms with van der Waals surface area (Å²) in [6, 6.07) is 0. The molecule has 2 N–H and O–H groups in total. The Morgan fingerprint density at radius 1 is 1.50 bits per heavy atom. The number of aliphatic hydroxyl groups is 1. The highest BCUT2D eigenvalue weighted by Gasteiger charge is 2.19. The van der Waals surface area contributed by atoms with Crippen LogP contribution >= 0.6 is 0 Å². The van der Waals surface area contributed by atoms with Crippen molar-refractivity contribution in [3.05, 3.63) is 11.6 Å². The number of allylic oxidation sites excluding steroid dienone is 1. The minimum Gasteiger partial charge on any atom is -0.394 e. The fourth-order valence-corrected chi connectivity index (χ4v) is 1.02. The van der Waals surface area contributed by atoms with Gasteiger partial charge in [-0.3, -0.25) is 4.79 Å². The minimum absolute atomic E-state index is 0.0618. The van der Waals surface area contributed by atoms with Crippen LogP contribution in [0.25, 0.3) is 0 Å². The maximum Gasteiger partial charge on any atom is 0.247 e. The van der Waals surface area contributed by atoms with E-state index in [1.807, 2.05) is 19.9 Å². The topological polar surface area (TPSA) is 49.3 Å². The predicted molar refractivity (Wildman–Crippen MR) is 57.9 cm³/mol. The molecule has 0 aliphatic carbocycles. The van der Waals surface area contributed by atoms with E-state index < -0.39 is 5.54 Å². The lowest BCUT2D eigenvalue weighted by Gasteiger charge is -2.23. The van der Waals surface area contributed by atoms with E-state index in [4.69, 9.17) is 5.11 Å². The Hall–Kier alpha value is -0.830. The lowest BCUT2D eigenvalue weighted by Crippen LogP contribution is -2.46. The van der Waals surface area contributed by atoms with E-state index in [0.717, 1.165) is 0 Å². The number of carbonyl (C=O) groups is 1. The standard InChI is InChI=1S/C11H21NO2/c1-8(2)6-9(3)10(14)12-11(4,5)7-13/h6,8,13H,7H2,1-5H3,(H,12,14)/b9-6+. The molecule has 1 amide bonds. The first kappa shape index (κ1) is 13.2. The molecule has 0 heterocycles. The summed E-state index contributed by atoms with van der Waals surface area (Å²) in [5.41, 5.74) is 0.143. The molecular formula is C11H21NO2. The maximum atomic E-state index is 11.6. The normalized spacial score (nSPS) is 13.2. The SMILES string of the molecule is C/C(=C\C(C)C)C(=O)NC(C)(C)CO. The lowest BCUT2D eigenvalue weighted by molar-refractivity contribution is -0.119. The van der Waals surface area contributed by atoms with Crippen LogP contribution in [0.4, 0.5) is 0 Å².